The molecule has 0 amide bonds. The minimum absolute atomic E-state index is 0.351. The van der Waals surface area contributed by atoms with Crippen molar-refractivity contribution in [1.29, 1.82) is 0 Å². The second kappa shape index (κ2) is 11.0. The Balaban J connectivity index is 2.27. The van der Waals surface area contributed by atoms with Gasteiger partial charge < -0.3 is 19.5 Å². The Morgan fingerprint density at radius 3 is 2.90 bits per heavy atom. The van der Waals surface area contributed by atoms with Crippen molar-refractivity contribution in [3.63, 3.8) is 0 Å². The lowest BCUT2D eigenvalue weighted by atomic mass is 10.2. The van der Waals surface area contributed by atoms with Crippen LogP contribution in [-0.2, 0) is 14.2 Å². The molecule has 21 heavy (non-hydrogen) atoms. The van der Waals surface area contributed by atoms with Crippen LogP contribution >= 0.6 is 0 Å². The van der Waals surface area contributed by atoms with Crippen LogP contribution in [0.5, 0.6) is 0 Å². The first kappa shape index (κ1) is 17.4. The number of anilines is 1. The molecular formula is C15H24N2O4. The Morgan fingerprint density at radius 1 is 1.29 bits per heavy atom. The first-order chi connectivity index (χ1) is 10.3. The topological polar surface area (TPSA) is 69.7 Å². The van der Waals surface area contributed by atoms with Crippen LogP contribution in [0, 0.1) is 0 Å². The van der Waals surface area contributed by atoms with Gasteiger partial charge in [0.15, 0.2) is 0 Å². The molecular weight excluding hydrogens is 272 g/mol. The molecule has 118 valence electrons. The molecule has 1 heterocycles. The second-order valence-electron chi connectivity index (χ2n) is 4.36. The number of ether oxygens (including phenoxy) is 3. The number of carbonyl (C=O) groups excluding carboxylic acids is 1. The smallest absolute Gasteiger partial charge is 0.341 e. The van der Waals surface area contributed by atoms with E-state index in [2.05, 4.69) is 10.3 Å². The minimum atomic E-state index is -0.351. The normalized spacial score (nSPS) is 10.4. The maximum atomic E-state index is 11.8. The fourth-order valence-corrected chi connectivity index (χ4v) is 1.70. The van der Waals surface area contributed by atoms with Crippen LogP contribution in [0.3, 0.4) is 0 Å². The summed E-state index contributed by atoms with van der Waals surface area (Å²) < 4.78 is 15.3. The zero-order valence-electron chi connectivity index (χ0n) is 12.8. The highest BCUT2D eigenvalue weighted by atomic mass is 16.5. The molecule has 0 bridgehead atoms. The van der Waals surface area contributed by atoms with Crippen molar-refractivity contribution < 1.29 is 19.0 Å². The summed E-state index contributed by atoms with van der Waals surface area (Å²) in [6.07, 6.45) is 3.53. The van der Waals surface area contributed by atoms with E-state index in [0.29, 0.717) is 37.8 Å². The van der Waals surface area contributed by atoms with Crippen molar-refractivity contribution >= 4 is 11.8 Å². The van der Waals surface area contributed by atoms with Gasteiger partial charge in [0.2, 0.25) is 0 Å². The number of aromatic nitrogens is 1. The summed E-state index contributed by atoms with van der Waals surface area (Å²) >= 11 is 0. The van der Waals surface area contributed by atoms with Crippen LogP contribution in [0.25, 0.3) is 0 Å². The van der Waals surface area contributed by atoms with Crippen LogP contribution in [0.15, 0.2) is 18.3 Å². The molecule has 6 heteroatoms. The average molecular weight is 296 g/mol. The standard InChI is InChI=1S/C15H24N2O4/c1-3-21-15(18)13-7-6-9-17-14(13)16-8-4-5-10-20-12-11-19-2/h6-7,9H,3-5,8,10-12H2,1-2H3,(H,16,17). The van der Waals surface area contributed by atoms with Gasteiger partial charge in [-0.2, -0.15) is 0 Å². The zero-order chi connectivity index (χ0) is 15.3. The van der Waals surface area contributed by atoms with E-state index in [9.17, 15) is 4.79 Å². The molecule has 1 N–H and O–H groups in total. The van der Waals surface area contributed by atoms with Gasteiger partial charge in [-0.15, -0.1) is 0 Å². The molecule has 0 atom stereocenters. The van der Waals surface area contributed by atoms with E-state index < -0.39 is 0 Å². The highest BCUT2D eigenvalue weighted by molar-refractivity contribution is 5.94. The monoisotopic (exact) mass is 296 g/mol. The van der Waals surface area contributed by atoms with Crippen LogP contribution in [0.2, 0.25) is 0 Å². The van der Waals surface area contributed by atoms with Crippen molar-refractivity contribution in [1.82, 2.24) is 4.98 Å². The van der Waals surface area contributed by atoms with E-state index in [-0.39, 0.29) is 5.97 Å². The van der Waals surface area contributed by atoms with E-state index >= 15 is 0 Å². The number of nitrogens with one attached hydrogen (secondary N) is 1. The summed E-state index contributed by atoms with van der Waals surface area (Å²) in [5.41, 5.74) is 0.468. The second-order valence-corrected chi connectivity index (χ2v) is 4.36. The molecule has 1 aromatic rings. The summed E-state index contributed by atoms with van der Waals surface area (Å²) in [7, 11) is 1.65. The van der Waals surface area contributed by atoms with Crippen molar-refractivity contribution in [3.05, 3.63) is 23.9 Å². The molecule has 0 radical (unpaired) electrons. The number of unbranched alkanes of at least 4 members (excludes halogenated alkanes) is 1. The van der Waals surface area contributed by atoms with Crippen LogP contribution in [0.1, 0.15) is 30.1 Å². The number of hydrogen-bond acceptors (Lipinski definition) is 6. The third kappa shape index (κ3) is 7.06. The summed E-state index contributed by atoms with van der Waals surface area (Å²) in [6.45, 7) is 4.82. The van der Waals surface area contributed by atoms with Gasteiger partial charge in [0.1, 0.15) is 11.4 Å². The Morgan fingerprint density at radius 2 is 2.14 bits per heavy atom. The SMILES string of the molecule is CCOC(=O)c1cccnc1NCCCCOCCOC. The van der Waals surface area contributed by atoms with Crippen molar-refractivity contribution in [2.75, 3.05) is 45.4 Å². The Kier molecular flexibility index (Phi) is 9.15. The highest BCUT2D eigenvalue weighted by Gasteiger charge is 2.12. The maximum Gasteiger partial charge on any atom is 0.341 e. The highest BCUT2D eigenvalue weighted by Crippen LogP contribution is 2.13. The third-order valence-electron chi connectivity index (χ3n) is 2.74. The lowest BCUT2D eigenvalue weighted by molar-refractivity contribution is 0.0527. The molecule has 0 saturated heterocycles. The van der Waals surface area contributed by atoms with Crippen molar-refractivity contribution in [2.24, 2.45) is 0 Å². The number of rotatable bonds is 11. The van der Waals surface area contributed by atoms with Crippen LogP contribution < -0.4 is 5.32 Å². The summed E-state index contributed by atoms with van der Waals surface area (Å²) in [5, 5.41) is 3.16. The molecule has 0 unspecified atom stereocenters. The van der Waals surface area contributed by atoms with Crippen molar-refractivity contribution in [2.45, 2.75) is 19.8 Å². The molecule has 1 rings (SSSR count). The Hall–Kier alpha value is -1.66. The molecule has 6 nitrogen and oxygen atoms in total. The Labute approximate surface area is 125 Å². The molecule has 1 aromatic heterocycles. The average Bonchev–Trinajstić information content (AvgIpc) is 2.50. The zero-order valence-corrected chi connectivity index (χ0v) is 12.8. The number of pyridine rings is 1. The van der Waals surface area contributed by atoms with Gasteiger partial charge in [0.25, 0.3) is 0 Å². The van der Waals surface area contributed by atoms with Gasteiger partial charge in [-0.3, -0.25) is 0 Å². The fourth-order valence-electron chi connectivity index (χ4n) is 1.70. The predicted molar refractivity (Wildman–Crippen MR) is 80.6 cm³/mol. The van der Waals surface area contributed by atoms with Gasteiger partial charge in [-0.1, -0.05) is 0 Å². The maximum absolute atomic E-state index is 11.8. The first-order valence-corrected chi connectivity index (χ1v) is 7.22. The molecule has 0 aliphatic carbocycles. The minimum Gasteiger partial charge on any atom is -0.462 e. The van der Waals surface area contributed by atoms with Gasteiger partial charge in [0.05, 0.1) is 19.8 Å². The summed E-state index contributed by atoms with van der Waals surface area (Å²) in [5.74, 6) is 0.215. The fraction of sp³-hybridized carbons (Fsp3) is 0.600. The number of carbonyl (C=O) groups is 1. The first-order valence-electron chi connectivity index (χ1n) is 7.22. The lowest BCUT2D eigenvalue weighted by Crippen LogP contribution is -2.12. The van der Waals surface area contributed by atoms with Crippen molar-refractivity contribution in [3.8, 4) is 0 Å². The third-order valence-corrected chi connectivity index (χ3v) is 2.74. The Bertz CT molecular complexity index is 412. The van der Waals surface area contributed by atoms with Gasteiger partial charge in [0, 0.05) is 26.5 Å². The van der Waals surface area contributed by atoms with E-state index in [0.717, 1.165) is 19.4 Å². The van der Waals surface area contributed by atoms with Gasteiger partial charge in [-0.25, -0.2) is 9.78 Å². The van der Waals surface area contributed by atoms with E-state index in [1.807, 2.05) is 0 Å². The molecule has 0 aliphatic heterocycles. The van der Waals surface area contributed by atoms with Crippen LogP contribution in [0.4, 0.5) is 5.82 Å². The van der Waals surface area contributed by atoms with Gasteiger partial charge >= 0.3 is 5.97 Å². The quantitative estimate of drug-likeness (QED) is 0.498. The molecule has 0 spiro atoms. The summed E-state index contributed by atoms with van der Waals surface area (Å²) in [4.78, 5) is 15.9. The molecule has 0 aromatic carbocycles. The number of hydrogen-bond donors (Lipinski definition) is 1. The predicted octanol–water partition coefficient (Wildman–Crippen LogP) is 2.11. The summed E-state index contributed by atoms with van der Waals surface area (Å²) in [6, 6.07) is 3.43. The van der Waals surface area contributed by atoms with Gasteiger partial charge in [-0.05, 0) is 31.9 Å². The molecule has 0 saturated carbocycles. The lowest BCUT2D eigenvalue weighted by Gasteiger charge is -2.10. The molecule has 0 fully saturated rings. The van der Waals surface area contributed by atoms with Crippen LogP contribution in [-0.4, -0.2) is 51.0 Å². The largest absolute Gasteiger partial charge is 0.462 e. The number of nitrogens with zero attached hydrogens (tertiary/aromatic N) is 1. The van der Waals surface area contributed by atoms with E-state index in [1.165, 1.54) is 0 Å². The van der Waals surface area contributed by atoms with E-state index in [4.69, 9.17) is 14.2 Å². The molecule has 0 aliphatic rings. The van der Waals surface area contributed by atoms with E-state index in [1.54, 1.807) is 32.4 Å². The number of methoxy groups -OCH3 is 1. The number of esters is 1.